The van der Waals surface area contributed by atoms with Gasteiger partial charge in [0.15, 0.2) is 0 Å². The average Bonchev–Trinajstić information content (AvgIpc) is 2.78. The van der Waals surface area contributed by atoms with E-state index in [0.717, 1.165) is 18.5 Å². The fourth-order valence-electron chi connectivity index (χ4n) is 4.45. The van der Waals surface area contributed by atoms with Gasteiger partial charge in [0.25, 0.3) is 0 Å². The van der Waals surface area contributed by atoms with Gasteiger partial charge in [-0.05, 0) is 62.9 Å². The lowest BCUT2D eigenvalue weighted by Crippen LogP contribution is -2.47. The second kappa shape index (κ2) is 5.05. The normalized spacial score (nSPS) is 36.5. The topological polar surface area (TPSA) is 43.7 Å². The smallest absolute Gasteiger partial charge is 0.115 e. The predicted molar refractivity (Wildman–Crippen MR) is 79.5 cm³/mol. The molecule has 2 saturated carbocycles. The SMILES string of the molecule is CN(C)CC1C2CCC(C2)CC1(O)c1cccc(O)c1. The summed E-state index contributed by atoms with van der Waals surface area (Å²) in [5, 5.41) is 21.2. The van der Waals surface area contributed by atoms with Crippen LogP contribution in [0.15, 0.2) is 24.3 Å². The molecule has 2 N–H and O–H groups in total. The number of nitrogens with zero attached hydrogens (tertiary/aromatic N) is 1. The van der Waals surface area contributed by atoms with Crippen LogP contribution >= 0.6 is 0 Å². The Bertz CT molecular complexity index is 488. The van der Waals surface area contributed by atoms with E-state index in [-0.39, 0.29) is 11.7 Å². The van der Waals surface area contributed by atoms with Crippen LogP contribution in [0.25, 0.3) is 0 Å². The Hall–Kier alpha value is -1.06. The predicted octanol–water partition coefficient (Wildman–Crippen LogP) is 2.58. The number of hydrogen-bond donors (Lipinski definition) is 2. The molecule has 4 atom stereocenters. The molecule has 1 aromatic carbocycles. The molecule has 0 aromatic heterocycles. The third kappa shape index (κ3) is 2.33. The van der Waals surface area contributed by atoms with Crippen LogP contribution in [0.5, 0.6) is 5.75 Å². The van der Waals surface area contributed by atoms with Crippen LogP contribution in [-0.2, 0) is 5.60 Å². The fraction of sp³-hybridized carbons (Fsp3) is 0.647. The molecule has 0 heterocycles. The lowest BCUT2D eigenvalue weighted by Gasteiger charge is -2.45. The fourth-order valence-corrected chi connectivity index (χ4v) is 4.45. The third-order valence-electron chi connectivity index (χ3n) is 5.27. The summed E-state index contributed by atoms with van der Waals surface area (Å²) in [4.78, 5) is 2.18. The zero-order valence-electron chi connectivity index (χ0n) is 12.4. The molecule has 2 aliphatic carbocycles. The molecule has 0 spiro atoms. The summed E-state index contributed by atoms with van der Waals surface area (Å²) in [6.07, 6.45) is 4.59. The highest BCUT2D eigenvalue weighted by Gasteiger charge is 2.51. The molecule has 0 amide bonds. The molecular weight excluding hydrogens is 250 g/mol. The molecule has 2 aliphatic rings. The van der Waals surface area contributed by atoms with Gasteiger partial charge in [0.05, 0.1) is 5.60 Å². The third-order valence-corrected chi connectivity index (χ3v) is 5.27. The molecule has 2 bridgehead atoms. The zero-order valence-corrected chi connectivity index (χ0v) is 12.4. The number of benzene rings is 1. The molecule has 0 radical (unpaired) electrons. The van der Waals surface area contributed by atoms with E-state index in [9.17, 15) is 10.2 Å². The van der Waals surface area contributed by atoms with E-state index in [1.165, 1.54) is 19.3 Å². The first kappa shape index (κ1) is 13.9. The maximum absolute atomic E-state index is 11.4. The Morgan fingerprint density at radius 3 is 2.80 bits per heavy atom. The minimum atomic E-state index is -0.785. The summed E-state index contributed by atoms with van der Waals surface area (Å²) in [7, 11) is 4.15. The van der Waals surface area contributed by atoms with Crippen LogP contribution < -0.4 is 0 Å². The number of phenolic OH excluding ortho intramolecular Hbond substituents is 1. The van der Waals surface area contributed by atoms with Crippen LogP contribution in [0.4, 0.5) is 0 Å². The second-order valence-corrected chi connectivity index (χ2v) is 6.99. The quantitative estimate of drug-likeness (QED) is 0.891. The number of aliphatic hydroxyl groups is 1. The summed E-state index contributed by atoms with van der Waals surface area (Å²) < 4.78 is 0. The van der Waals surface area contributed by atoms with E-state index < -0.39 is 5.60 Å². The molecule has 3 heteroatoms. The Morgan fingerprint density at radius 1 is 1.30 bits per heavy atom. The number of rotatable bonds is 3. The molecule has 3 nitrogen and oxygen atoms in total. The van der Waals surface area contributed by atoms with E-state index in [4.69, 9.17) is 0 Å². The largest absolute Gasteiger partial charge is 0.508 e. The van der Waals surface area contributed by atoms with Gasteiger partial charge in [-0.25, -0.2) is 0 Å². The van der Waals surface area contributed by atoms with Crippen LogP contribution in [0.1, 0.15) is 31.2 Å². The number of aromatic hydroxyl groups is 1. The van der Waals surface area contributed by atoms with Crippen molar-refractivity contribution < 1.29 is 10.2 Å². The highest BCUT2D eigenvalue weighted by Crippen LogP contribution is 2.54. The van der Waals surface area contributed by atoms with Crippen LogP contribution in [0, 0.1) is 17.8 Å². The molecule has 110 valence electrons. The molecule has 1 aromatic rings. The van der Waals surface area contributed by atoms with Crippen molar-refractivity contribution in [1.82, 2.24) is 4.90 Å². The van der Waals surface area contributed by atoms with Crippen molar-refractivity contribution in [3.8, 4) is 5.75 Å². The summed E-state index contributed by atoms with van der Waals surface area (Å²) in [5.41, 5.74) is 0.105. The van der Waals surface area contributed by atoms with Crippen molar-refractivity contribution in [2.24, 2.45) is 17.8 Å². The van der Waals surface area contributed by atoms with Gasteiger partial charge in [0.1, 0.15) is 5.75 Å². The van der Waals surface area contributed by atoms with Crippen molar-refractivity contribution in [1.29, 1.82) is 0 Å². The van der Waals surface area contributed by atoms with Crippen LogP contribution in [0.2, 0.25) is 0 Å². The van der Waals surface area contributed by atoms with E-state index in [0.29, 0.717) is 11.8 Å². The van der Waals surface area contributed by atoms with Gasteiger partial charge in [-0.2, -0.15) is 0 Å². The van der Waals surface area contributed by atoms with Crippen molar-refractivity contribution in [2.75, 3.05) is 20.6 Å². The molecule has 20 heavy (non-hydrogen) atoms. The minimum Gasteiger partial charge on any atom is -0.508 e. The van der Waals surface area contributed by atoms with E-state index in [1.54, 1.807) is 12.1 Å². The first-order valence-corrected chi connectivity index (χ1v) is 7.65. The first-order valence-electron chi connectivity index (χ1n) is 7.65. The Labute approximate surface area is 121 Å². The summed E-state index contributed by atoms with van der Waals surface area (Å²) in [6, 6.07) is 7.22. The Balaban J connectivity index is 1.98. The number of hydrogen-bond acceptors (Lipinski definition) is 3. The van der Waals surface area contributed by atoms with Crippen LogP contribution in [0.3, 0.4) is 0 Å². The highest BCUT2D eigenvalue weighted by atomic mass is 16.3. The zero-order chi connectivity index (χ0) is 14.3. The molecular formula is C17H25NO2. The summed E-state index contributed by atoms with van der Waals surface area (Å²) in [5.74, 6) is 1.77. The monoisotopic (exact) mass is 275 g/mol. The second-order valence-electron chi connectivity index (χ2n) is 6.99. The van der Waals surface area contributed by atoms with Crippen molar-refractivity contribution in [3.05, 3.63) is 29.8 Å². The summed E-state index contributed by atoms with van der Waals surface area (Å²) >= 11 is 0. The van der Waals surface area contributed by atoms with Gasteiger partial charge in [-0.3, -0.25) is 0 Å². The minimum absolute atomic E-state index is 0.248. The average molecular weight is 275 g/mol. The van der Waals surface area contributed by atoms with Crippen molar-refractivity contribution in [2.45, 2.75) is 31.3 Å². The maximum atomic E-state index is 11.4. The number of fused-ring (bicyclic) bond motifs is 2. The maximum Gasteiger partial charge on any atom is 0.115 e. The van der Waals surface area contributed by atoms with Crippen molar-refractivity contribution in [3.63, 3.8) is 0 Å². The van der Waals surface area contributed by atoms with Gasteiger partial charge in [0, 0.05) is 12.5 Å². The molecule has 0 saturated heterocycles. The van der Waals surface area contributed by atoms with Crippen LogP contribution in [-0.4, -0.2) is 35.8 Å². The molecule has 3 rings (SSSR count). The van der Waals surface area contributed by atoms with Crippen molar-refractivity contribution >= 4 is 0 Å². The van der Waals surface area contributed by atoms with Gasteiger partial charge in [0.2, 0.25) is 0 Å². The van der Waals surface area contributed by atoms with E-state index in [1.807, 2.05) is 12.1 Å². The van der Waals surface area contributed by atoms with E-state index in [2.05, 4.69) is 19.0 Å². The highest BCUT2D eigenvalue weighted by molar-refractivity contribution is 5.33. The molecule has 0 aliphatic heterocycles. The molecule has 2 fully saturated rings. The van der Waals surface area contributed by atoms with Gasteiger partial charge in [-0.15, -0.1) is 0 Å². The summed E-state index contributed by atoms with van der Waals surface area (Å²) in [6.45, 7) is 0.906. The Morgan fingerprint density at radius 2 is 2.10 bits per heavy atom. The Kier molecular flexibility index (Phi) is 3.51. The lowest BCUT2D eigenvalue weighted by atomic mass is 9.66. The lowest BCUT2D eigenvalue weighted by molar-refractivity contribution is -0.0892. The number of phenols is 1. The van der Waals surface area contributed by atoms with E-state index >= 15 is 0 Å². The standard InChI is InChI=1S/C17H25NO2/c1-18(2)11-16-13-7-6-12(8-13)10-17(16,20)14-4-3-5-15(19)9-14/h3-5,9,12-13,16,19-20H,6-8,10-11H2,1-2H3. The first-order chi connectivity index (χ1) is 9.49. The van der Waals surface area contributed by atoms with Gasteiger partial charge >= 0.3 is 0 Å². The van der Waals surface area contributed by atoms with Gasteiger partial charge in [-0.1, -0.05) is 18.6 Å². The molecule has 4 unspecified atom stereocenters. The van der Waals surface area contributed by atoms with Gasteiger partial charge < -0.3 is 15.1 Å².